The van der Waals surface area contributed by atoms with Gasteiger partial charge in [-0.2, -0.15) is 5.10 Å². The van der Waals surface area contributed by atoms with Crippen LogP contribution in [0.3, 0.4) is 0 Å². The van der Waals surface area contributed by atoms with Crippen molar-refractivity contribution in [2.24, 2.45) is 5.41 Å². The maximum atomic E-state index is 12.7. The second kappa shape index (κ2) is 5.23. The van der Waals surface area contributed by atoms with Gasteiger partial charge in [-0.3, -0.25) is 4.79 Å². The Morgan fingerprint density at radius 3 is 2.64 bits per heavy atom. The molecule has 1 aliphatic carbocycles. The molecule has 0 N–H and O–H groups in total. The van der Waals surface area contributed by atoms with Gasteiger partial charge >= 0.3 is 0 Å². The van der Waals surface area contributed by atoms with E-state index in [-0.39, 0.29) is 5.41 Å². The van der Waals surface area contributed by atoms with Crippen molar-refractivity contribution in [1.82, 2.24) is 19.7 Å². The Hall–Kier alpha value is -2.17. The van der Waals surface area contributed by atoms with Crippen molar-refractivity contribution >= 4 is 5.91 Å². The van der Waals surface area contributed by atoms with Crippen molar-refractivity contribution in [2.75, 3.05) is 13.1 Å². The van der Waals surface area contributed by atoms with Gasteiger partial charge in [-0.15, -0.1) is 0 Å². The summed E-state index contributed by atoms with van der Waals surface area (Å²) in [7, 11) is 0. The smallest absolute Gasteiger partial charge is 0.228 e. The fourth-order valence-electron chi connectivity index (χ4n) is 3.28. The van der Waals surface area contributed by atoms with Crippen molar-refractivity contribution in [1.29, 1.82) is 0 Å². The lowest BCUT2D eigenvalue weighted by Crippen LogP contribution is -2.53. The van der Waals surface area contributed by atoms with Gasteiger partial charge in [0.2, 0.25) is 5.91 Å². The Morgan fingerprint density at radius 2 is 2.00 bits per heavy atom. The maximum absolute atomic E-state index is 12.7. The lowest BCUT2D eigenvalue weighted by atomic mass is 9.93. The van der Waals surface area contributed by atoms with Gasteiger partial charge in [-0.1, -0.05) is 30.3 Å². The van der Waals surface area contributed by atoms with Gasteiger partial charge in [0.1, 0.15) is 12.7 Å². The highest BCUT2D eigenvalue weighted by molar-refractivity contribution is 5.86. The molecule has 114 valence electrons. The van der Waals surface area contributed by atoms with Crippen molar-refractivity contribution in [3.8, 4) is 0 Å². The van der Waals surface area contributed by atoms with Gasteiger partial charge in [0.15, 0.2) is 0 Å². The summed E-state index contributed by atoms with van der Waals surface area (Å²) < 4.78 is 1.85. The normalized spacial score (nSPS) is 19.7. The third kappa shape index (κ3) is 2.40. The number of nitrogens with zero attached hydrogens (tertiary/aromatic N) is 4. The summed E-state index contributed by atoms with van der Waals surface area (Å²) in [6.07, 6.45) is 7.33. The van der Waals surface area contributed by atoms with Crippen LogP contribution in [-0.4, -0.2) is 38.7 Å². The van der Waals surface area contributed by atoms with Gasteiger partial charge in [-0.25, -0.2) is 9.67 Å². The van der Waals surface area contributed by atoms with Gasteiger partial charge < -0.3 is 4.90 Å². The fourth-order valence-corrected chi connectivity index (χ4v) is 3.28. The number of carbonyl (C=O) groups is 1. The van der Waals surface area contributed by atoms with Crippen molar-refractivity contribution in [3.63, 3.8) is 0 Å². The first-order valence-corrected chi connectivity index (χ1v) is 7.94. The van der Waals surface area contributed by atoms with Crippen LogP contribution < -0.4 is 0 Å². The Bertz CT molecular complexity index is 643. The lowest BCUT2D eigenvalue weighted by Gasteiger charge is -2.41. The van der Waals surface area contributed by atoms with E-state index in [0.29, 0.717) is 11.9 Å². The minimum absolute atomic E-state index is 0.0802. The Kier molecular flexibility index (Phi) is 3.21. The van der Waals surface area contributed by atoms with Crippen LogP contribution in [0.15, 0.2) is 43.0 Å². The molecule has 2 aromatic rings. The van der Waals surface area contributed by atoms with Gasteiger partial charge in [0.25, 0.3) is 0 Å². The minimum Gasteiger partial charge on any atom is -0.338 e. The minimum atomic E-state index is -0.0802. The van der Waals surface area contributed by atoms with Gasteiger partial charge in [0.05, 0.1) is 6.04 Å². The van der Waals surface area contributed by atoms with Gasteiger partial charge in [0, 0.05) is 18.5 Å². The van der Waals surface area contributed by atoms with Crippen molar-refractivity contribution < 1.29 is 4.79 Å². The standard InChI is InChI=1S/C17H20N4O/c22-16(20-10-15(11-20)21-13-18-12-19-21)17(8-9-17)7-6-14-4-2-1-3-5-14/h1-5,12-13,15H,6-11H2. The molecule has 2 aliphatic rings. The second-order valence-electron chi connectivity index (χ2n) is 6.51. The molecule has 2 fully saturated rings. The summed E-state index contributed by atoms with van der Waals surface area (Å²) in [4.78, 5) is 18.7. The Morgan fingerprint density at radius 1 is 1.23 bits per heavy atom. The van der Waals surface area contributed by atoms with Crippen LogP contribution in [0.25, 0.3) is 0 Å². The number of aryl methyl sites for hydroxylation is 1. The number of hydrogen-bond donors (Lipinski definition) is 0. The molecule has 5 nitrogen and oxygen atoms in total. The largest absolute Gasteiger partial charge is 0.338 e. The highest BCUT2D eigenvalue weighted by Gasteiger charge is 2.53. The summed E-state index contributed by atoms with van der Waals surface area (Å²) in [5.74, 6) is 0.347. The molecule has 0 radical (unpaired) electrons. The van der Waals surface area contributed by atoms with E-state index < -0.39 is 0 Å². The SMILES string of the molecule is O=C(N1CC(n2cncn2)C1)C1(CCc2ccccc2)CC1. The molecule has 1 aliphatic heterocycles. The van der Waals surface area contributed by atoms with Crippen molar-refractivity contribution in [3.05, 3.63) is 48.5 Å². The van der Waals surface area contributed by atoms with E-state index in [2.05, 4.69) is 34.3 Å². The highest BCUT2D eigenvalue weighted by atomic mass is 16.2. The van der Waals surface area contributed by atoms with Crippen LogP contribution in [0.2, 0.25) is 0 Å². The van der Waals surface area contributed by atoms with Crippen LogP contribution in [0.1, 0.15) is 30.9 Å². The third-order valence-electron chi connectivity index (χ3n) is 5.00. The molecule has 2 heterocycles. The van der Waals surface area contributed by atoms with E-state index in [4.69, 9.17) is 0 Å². The molecule has 1 saturated heterocycles. The number of likely N-dealkylation sites (tertiary alicyclic amines) is 1. The molecule has 1 aromatic heterocycles. The molecular weight excluding hydrogens is 276 g/mol. The monoisotopic (exact) mass is 296 g/mol. The molecule has 1 saturated carbocycles. The topological polar surface area (TPSA) is 51.0 Å². The number of amides is 1. The Balaban J connectivity index is 1.33. The van der Waals surface area contributed by atoms with Crippen LogP contribution in [0, 0.1) is 5.41 Å². The van der Waals surface area contributed by atoms with E-state index in [9.17, 15) is 4.79 Å². The first kappa shape index (κ1) is 13.5. The number of hydrogen-bond acceptors (Lipinski definition) is 3. The summed E-state index contributed by atoms with van der Waals surface area (Å²) in [5.41, 5.74) is 1.24. The van der Waals surface area contributed by atoms with E-state index in [1.807, 2.05) is 15.6 Å². The Labute approximate surface area is 130 Å². The molecule has 1 amide bonds. The molecule has 0 bridgehead atoms. The molecule has 0 atom stereocenters. The van der Waals surface area contributed by atoms with Gasteiger partial charge in [-0.05, 0) is 31.2 Å². The first-order chi connectivity index (χ1) is 10.8. The van der Waals surface area contributed by atoms with E-state index in [0.717, 1.165) is 38.8 Å². The predicted molar refractivity (Wildman–Crippen MR) is 82.1 cm³/mol. The summed E-state index contributed by atoms with van der Waals surface area (Å²) in [6.45, 7) is 1.55. The zero-order valence-electron chi connectivity index (χ0n) is 12.6. The van der Waals surface area contributed by atoms with Crippen molar-refractivity contribution in [2.45, 2.75) is 31.7 Å². The van der Waals surface area contributed by atoms with Crippen LogP contribution in [0.5, 0.6) is 0 Å². The molecular formula is C17H20N4O. The molecule has 4 rings (SSSR count). The van der Waals surface area contributed by atoms with Crippen LogP contribution in [0.4, 0.5) is 0 Å². The lowest BCUT2D eigenvalue weighted by molar-refractivity contribution is -0.143. The number of rotatable bonds is 5. The quantitative estimate of drug-likeness (QED) is 0.849. The first-order valence-electron chi connectivity index (χ1n) is 7.94. The highest BCUT2D eigenvalue weighted by Crippen LogP contribution is 2.51. The van der Waals surface area contributed by atoms with Crippen LogP contribution in [-0.2, 0) is 11.2 Å². The summed E-state index contributed by atoms with van der Waals surface area (Å²) >= 11 is 0. The summed E-state index contributed by atoms with van der Waals surface area (Å²) in [5, 5.41) is 4.15. The molecule has 0 unspecified atom stereocenters. The van der Waals surface area contributed by atoms with E-state index in [1.165, 1.54) is 5.56 Å². The second-order valence-corrected chi connectivity index (χ2v) is 6.51. The number of carbonyl (C=O) groups excluding carboxylic acids is 1. The third-order valence-corrected chi connectivity index (χ3v) is 5.00. The fraction of sp³-hybridized carbons (Fsp3) is 0.471. The number of aromatic nitrogens is 3. The molecule has 22 heavy (non-hydrogen) atoms. The average molecular weight is 296 g/mol. The average Bonchev–Trinajstić information content (AvgIpc) is 3.12. The van der Waals surface area contributed by atoms with E-state index >= 15 is 0 Å². The van der Waals surface area contributed by atoms with E-state index in [1.54, 1.807) is 12.7 Å². The molecule has 0 spiro atoms. The molecule has 5 heteroatoms. The maximum Gasteiger partial charge on any atom is 0.228 e. The summed E-state index contributed by atoms with van der Waals surface area (Å²) in [6, 6.07) is 10.8. The number of benzene rings is 1. The zero-order valence-corrected chi connectivity index (χ0v) is 12.6. The van der Waals surface area contributed by atoms with Crippen LogP contribution >= 0.6 is 0 Å². The molecule has 1 aromatic carbocycles. The predicted octanol–water partition coefficient (Wildman–Crippen LogP) is 2.07. The zero-order chi connectivity index (χ0) is 15.0.